The molecule has 0 unspecified atom stereocenters. The first kappa shape index (κ1) is 13.3. The van der Waals surface area contributed by atoms with Crippen molar-refractivity contribution in [2.24, 2.45) is 12.0 Å². The van der Waals surface area contributed by atoms with Crippen LogP contribution in [-0.4, -0.2) is 27.3 Å². The van der Waals surface area contributed by atoms with Gasteiger partial charge < -0.3 is 9.88 Å². The summed E-state index contributed by atoms with van der Waals surface area (Å²) < 4.78 is 2.10. The number of nitrogens with one attached hydrogen (secondary N) is 1. The van der Waals surface area contributed by atoms with Gasteiger partial charge in [-0.3, -0.25) is 9.98 Å². The molecule has 110 valence electrons. The van der Waals surface area contributed by atoms with Crippen LogP contribution in [0, 0.1) is 0 Å². The smallest absolute Gasteiger partial charge is 0.115 e. The fraction of sp³-hybridized carbons (Fsp3) is 0.188. The zero-order chi connectivity index (χ0) is 15.1. The first-order valence-electron chi connectivity index (χ1n) is 7.07. The quantitative estimate of drug-likeness (QED) is 0.792. The van der Waals surface area contributed by atoms with Gasteiger partial charge in [0, 0.05) is 42.8 Å². The maximum absolute atomic E-state index is 6.14. The Morgan fingerprint density at radius 2 is 2.23 bits per heavy atom. The van der Waals surface area contributed by atoms with E-state index in [9.17, 15) is 0 Å². The van der Waals surface area contributed by atoms with E-state index in [1.54, 1.807) is 0 Å². The molecule has 1 aromatic carbocycles. The Hall–Kier alpha value is -2.40. The molecule has 2 aromatic heterocycles. The molecule has 6 heteroatoms. The highest BCUT2D eigenvalue weighted by atomic mass is 35.5. The van der Waals surface area contributed by atoms with Gasteiger partial charge in [0.2, 0.25) is 0 Å². The molecule has 0 saturated carbocycles. The lowest BCUT2D eigenvalue weighted by Gasteiger charge is -2.08. The molecule has 22 heavy (non-hydrogen) atoms. The van der Waals surface area contributed by atoms with Crippen molar-refractivity contribution in [1.29, 1.82) is 0 Å². The van der Waals surface area contributed by atoms with Gasteiger partial charge in [0.15, 0.2) is 0 Å². The molecule has 0 spiro atoms. The van der Waals surface area contributed by atoms with Crippen molar-refractivity contribution in [1.82, 2.24) is 19.9 Å². The van der Waals surface area contributed by atoms with Gasteiger partial charge in [0.1, 0.15) is 11.3 Å². The lowest BCUT2D eigenvalue weighted by Crippen LogP contribution is -2.14. The number of hydrogen-bond acceptors (Lipinski definition) is 4. The largest absolute Gasteiger partial charge is 0.384 e. The first-order chi connectivity index (χ1) is 10.7. The van der Waals surface area contributed by atoms with Crippen molar-refractivity contribution in [3.8, 4) is 0 Å². The summed E-state index contributed by atoms with van der Waals surface area (Å²) >= 11 is 6.14. The van der Waals surface area contributed by atoms with Gasteiger partial charge in [-0.2, -0.15) is 0 Å². The zero-order valence-electron chi connectivity index (χ0n) is 12.0. The average molecular weight is 312 g/mol. The van der Waals surface area contributed by atoms with Crippen LogP contribution in [0.5, 0.6) is 0 Å². The lowest BCUT2D eigenvalue weighted by atomic mass is 10.2. The molecule has 5 nitrogen and oxygen atoms in total. The van der Waals surface area contributed by atoms with Crippen molar-refractivity contribution < 1.29 is 0 Å². The summed E-state index contributed by atoms with van der Waals surface area (Å²) in [6.07, 6.45) is 6.30. The lowest BCUT2D eigenvalue weighted by molar-refractivity contribution is 0.822. The number of aromatic nitrogens is 3. The molecular formula is C16H14ClN5. The van der Waals surface area contributed by atoms with Crippen LogP contribution in [-0.2, 0) is 13.5 Å². The zero-order valence-corrected chi connectivity index (χ0v) is 12.8. The number of benzene rings is 1. The van der Waals surface area contributed by atoms with E-state index in [-0.39, 0.29) is 0 Å². The highest BCUT2D eigenvalue weighted by Crippen LogP contribution is 2.27. The summed E-state index contributed by atoms with van der Waals surface area (Å²) in [5.41, 5.74) is 3.82. The third-order valence-corrected chi connectivity index (χ3v) is 4.06. The van der Waals surface area contributed by atoms with E-state index in [1.165, 1.54) is 0 Å². The minimum atomic E-state index is 0.677. The highest BCUT2D eigenvalue weighted by molar-refractivity contribution is 6.31. The number of imidazole rings is 1. The Bertz CT molecular complexity index is 939. The molecule has 0 aliphatic carbocycles. The van der Waals surface area contributed by atoms with E-state index in [0.717, 1.165) is 40.0 Å². The number of allylic oxidation sites excluding steroid dienone is 1. The van der Waals surface area contributed by atoms with Gasteiger partial charge >= 0.3 is 0 Å². The number of aliphatic imine (C=N–C) groups is 1. The van der Waals surface area contributed by atoms with Gasteiger partial charge in [-0.25, -0.2) is 4.98 Å². The van der Waals surface area contributed by atoms with Crippen LogP contribution in [0.15, 0.2) is 41.3 Å². The Balaban J connectivity index is 1.89. The summed E-state index contributed by atoms with van der Waals surface area (Å²) in [6, 6.07) is 5.73. The normalized spacial score (nSPS) is 14.4. The molecule has 3 heterocycles. The maximum atomic E-state index is 6.14. The number of halogens is 1. The highest BCUT2D eigenvalue weighted by Gasteiger charge is 2.13. The standard InChI is InChI=1S/C16H14ClN5/c1-22-15(7-11-8-18-4-5-19-11)21-14-9-20-13-3-2-10(17)6-12(13)16(14)22/h2-3,5-6,8-9,18H,4,7H2,1H3. The van der Waals surface area contributed by atoms with Gasteiger partial charge in [-0.15, -0.1) is 0 Å². The number of hydrogen-bond donors (Lipinski definition) is 1. The maximum Gasteiger partial charge on any atom is 0.115 e. The number of rotatable bonds is 2. The predicted octanol–water partition coefficient (Wildman–Crippen LogP) is 2.83. The van der Waals surface area contributed by atoms with Crippen molar-refractivity contribution in [3.63, 3.8) is 0 Å². The second kappa shape index (κ2) is 5.10. The summed E-state index contributed by atoms with van der Waals surface area (Å²) in [5, 5.41) is 4.89. The van der Waals surface area contributed by atoms with Crippen molar-refractivity contribution in [3.05, 3.63) is 47.1 Å². The fourth-order valence-electron chi connectivity index (χ4n) is 2.76. The second-order valence-corrected chi connectivity index (χ2v) is 5.71. The second-order valence-electron chi connectivity index (χ2n) is 5.27. The Morgan fingerprint density at radius 3 is 3.05 bits per heavy atom. The van der Waals surface area contributed by atoms with Gasteiger partial charge in [-0.1, -0.05) is 11.6 Å². The SMILES string of the molecule is Cn1c(CC2=CNCC=N2)nc2cnc3ccc(Cl)cc3c21. The molecule has 0 amide bonds. The monoisotopic (exact) mass is 311 g/mol. The molecule has 3 aromatic rings. The van der Waals surface area contributed by atoms with E-state index in [4.69, 9.17) is 16.6 Å². The molecule has 0 saturated heterocycles. The summed E-state index contributed by atoms with van der Waals surface area (Å²) in [7, 11) is 2.02. The number of nitrogens with zero attached hydrogens (tertiary/aromatic N) is 4. The van der Waals surface area contributed by atoms with Crippen molar-refractivity contribution in [2.45, 2.75) is 6.42 Å². The van der Waals surface area contributed by atoms with Crippen LogP contribution in [0.25, 0.3) is 21.9 Å². The molecule has 0 bridgehead atoms. The van der Waals surface area contributed by atoms with Crippen LogP contribution >= 0.6 is 11.6 Å². The number of aryl methyl sites for hydroxylation is 1. The van der Waals surface area contributed by atoms with E-state index in [2.05, 4.69) is 19.9 Å². The molecular weight excluding hydrogens is 298 g/mol. The number of fused-ring (bicyclic) bond motifs is 3. The predicted molar refractivity (Wildman–Crippen MR) is 89.3 cm³/mol. The molecule has 1 aliphatic rings. The molecule has 0 atom stereocenters. The van der Waals surface area contributed by atoms with Crippen LogP contribution in [0.2, 0.25) is 5.02 Å². The minimum absolute atomic E-state index is 0.677. The molecule has 1 N–H and O–H groups in total. The van der Waals surface area contributed by atoms with E-state index in [1.807, 2.05) is 43.9 Å². The van der Waals surface area contributed by atoms with E-state index in [0.29, 0.717) is 11.4 Å². The topological polar surface area (TPSA) is 55.1 Å². The first-order valence-corrected chi connectivity index (χ1v) is 7.45. The molecule has 1 aliphatic heterocycles. The van der Waals surface area contributed by atoms with Gasteiger partial charge in [-0.05, 0) is 18.2 Å². The van der Waals surface area contributed by atoms with Gasteiger partial charge in [0.25, 0.3) is 0 Å². The van der Waals surface area contributed by atoms with Gasteiger partial charge in [0.05, 0.1) is 22.9 Å². The summed E-state index contributed by atoms with van der Waals surface area (Å²) in [6.45, 7) is 0.777. The molecule has 0 fully saturated rings. The van der Waals surface area contributed by atoms with E-state index < -0.39 is 0 Å². The van der Waals surface area contributed by atoms with Crippen LogP contribution in [0.4, 0.5) is 0 Å². The van der Waals surface area contributed by atoms with E-state index >= 15 is 0 Å². The third-order valence-electron chi connectivity index (χ3n) is 3.83. The molecule has 0 radical (unpaired) electrons. The van der Waals surface area contributed by atoms with Crippen LogP contribution in [0.1, 0.15) is 5.82 Å². The molecule has 4 rings (SSSR count). The average Bonchev–Trinajstić information content (AvgIpc) is 2.85. The summed E-state index contributed by atoms with van der Waals surface area (Å²) in [5.74, 6) is 0.955. The van der Waals surface area contributed by atoms with Crippen molar-refractivity contribution in [2.75, 3.05) is 6.54 Å². The van der Waals surface area contributed by atoms with Crippen LogP contribution in [0.3, 0.4) is 0 Å². The van der Waals surface area contributed by atoms with Crippen LogP contribution < -0.4 is 5.32 Å². The fourth-order valence-corrected chi connectivity index (χ4v) is 2.94. The Morgan fingerprint density at radius 1 is 1.32 bits per heavy atom. The summed E-state index contributed by atoms with van der Waals surface area (Å²) in [4.78, 5) is 13.6. The minimum Gasteiger partial charge on any atom is -0.384 e. The van der Waals surface area contributed by atoms with Crippen molar-refractivity contribution >= 4 is 39.8 Å². The Kier molecular flexibility index (Phi) is 3.08. The third kappa shape index (κ3) is 2.14. The Labute approximate surface area is 132 Å². The number of pyridine rings is 1.